The number of carbonyl (C=O) groups excluding carboxylic acids is 1. The lowest BCUT2D eigenvalue weighted by Crippen LogP contribution is -2.41. The van der Waals surface area contributed by atoms with E-state index in [0.717, 1.165) is 36.3 Å². The van der Waals surface area contributed by atoms with E-state index in [4.69, 9.17) is 0 Å². The summed E-state index contributed by atoms with van der Waals surface area (Å²) in [6.45, 7) is 5.65. The molecule has 0 aliphatic carbocycles. The maximum atomic E-state index is 12.5. The third kappa shape index (κ3) is 3.86. The monoisotopic (exact) mass is 310 g/mol. The highest BCUT2D eigenvalue weighted by Gasteiger charge is 2.26. The quantitative estimate of drug-likeness (QED) is 0.947. The number of aromatic nitrogens is 2. The Morgan fingerprint density at radius 3 is 2.52 bits per heavy atom. The molecule has 120 valence electrons. The summed E-state index contributed by atoms with van der Waals surface area (Å²) in [5.41, 5.74) is 2.22. The van der Waals surface area contributed by atoms with Crippen molar-refractivity contribution in [1.82, 2.24) is 9.97 Å². The van der Waals surface area contributed by atoms with Gasteiger partial charge in [0.2, 0.25) is 5.91 Å². The number of carbonyl (C=O) groups is 1. The molecule has 1 N–H and O–H groups in total. The van der Waals surface area contributed by atoms with Crippen LogP contribution in [-0.4, -0.2) is 29.0 Å². The predicted molar refractivity (Wildman–Crippen MR) is 91.5 cm³/mol. The summed E-state index contributed by atoms with van der Waals surface area (Å²) < 4.78 is 0. The summed E-state index contributed by atoms with van der Waals surface area (Å²) in [6.07, 6.45) is 5.53. The van der Waals surface area contributed by atoms with Crippen LogP contribution in [0.4, 0.5) is 11.6 Å². The van der Waals surface area contributed by atoms with E-state index in [1.807, 2.05) is 38.2 Å². The molecule has 0 aromatic carbocycles. The maximum Gasteiger partial charge on any atom is 0.230 e. The van der Waals surface area contributed by atoms with Gasteiger partial charge >= 0.3 is 0 Å². The van der Waals surface area contributed by atoms with Crippen LogP contribution in [0.3, 0.4) is 0 Å². The fourth-order valence-electron chi connectivity index (χ4n) is 2.82. The van der Waals surface area contributed by atoms with Gasteiger partial charge in [0, 0.05) is 25.5 Å². The third-order valence-corrected chi connectivity index (χ3v) is 4.17. The number of rotatable bonds is 3. The lowest BCUT2D eigenvalue weighted by molar-refractivity contribution is -0.120. The molecule has 0 saturated carbocycles. The summed E-state index contributed by atoms with van der Waals surface area (Å²) in [5, 5.41) is 2.92. The van der Waals surface area contributed by atoms with E-state index in [0.29, 0.717) is 12.4 Å². The molecule has 1 unspecified atom stereocenters. The molecule has 3 rings (SSSR count). The fourth-order valence-corrected chi connectivity index (χ4v) is 2.82. The highest BCUT2D eigenvalue weighted by Crippen LogP contribution is 2.22. The molecule has 2 aromatic rings. The summed E-state index contributed by atoms with van der Waals surface area (Å²) in [4.78, 5) is 23.4. The molecule has 1 saturated heterocycles. The number of anilines is 2. The van der Waals surface area contributed by atoms with Crippen LogP contribution in [0.25, 0.3) is 0 Å². The van der Waals surface area contributed by atoms with Crippen LogP contribution < -0.4 is 10.2 Å². The Kier molecular flexibility index (Phi) is 4.55. The van der Waals surface area contributed by atoms with Gasteiger partial charge in [0.25, 0.3) is 0 Å². The second-order valence-corrected chi connectivity index (χ2v) is 6.19. The van der Waals surface area contributed by atoms with Gasteiger partial charge in [0.05, 0.1) is 5.92 Å². The molecule has 0 spiro atoms. The Hall–Kier alpha value is -2.43. The zero-order valence-corrected chi connectivity index (χ0v) is 13.6. The Morgan fingerprint density at radius 2 is 1.87 bits per heavy atom. The minimum absolute atomic E-state index is 0.0324. The molecule has 1 aliphatic rings. The van der Waals surface area contributed by atoms with Gasteiger partial charge in [-0.15, -0.1) is 0 Å². The molecule has 1 fully saturated rings. The Labute approximate surface area is 136 Å². The van der Waals surface area contributed by atoms with Crippen LogP contribution in [0.5, 0.6) is 0 Å². The van der Waals surface area contributed by atoms with E-state index in [-0.39, 0.29) is 11.8 Å². The van der Waals surface area contributed by atoms with Gasteiger partial charge in [-0.2, -0.15) is 0 Å². The molecule has 23 heavy (non-hydrogen) atoms. The molecule has 5 nitrogen and oxygen atoms in total. The van der Waals surface area contributed by atoms with Crippen LogP contribution in [0.1, 0.15) is 24.0 Å². The van der Waals surface area contributed by atoms with Crippen molar-refractivity contribution in [1.29, 1.82) is 0 Å². The Morgan fingerprint density at radius 1 is 1.13 bits per heavy atom. The van der Waals surface area contributed by atoms with Gasteiger partial charge in [-0.1, -0.05) is 12.1 Å². The highest BCUT2D eigenvalue weighted by atomic mass is 16.2. The van der Waals surface area contributed by atoms with Crippen LogP contribution in [0, 0.1) is 19.8 Å². The summed E-state index contributed by atoms with van der Waals surface area (Å²) in [5.74, 6) is 1.57. The maximum absolute atomic E-state index is 12.5. The average molecular weight is 310 g/mol. The minimum atomic E-state index is -0.0324. The molecule has 2 aromatic heterocycles. The van der Waals surface area contributed by atoms with E-state index in [2.05, 4.69) is 26.3 Å². The number of pyridine rings is 2. The van der Waals surface area contributed by atoms with Crippen molar-refractivity contribution < 1.29 is 4.79 Å². The van der Waals surface area contributed by atoms with Crippen molar-refractivity contribution in [2.75, 3.05) is 23.3 Å². The van der Waals surface area contributed by atoms with E-state index in [9.17, 15) is 4.79 Å². The fraction of sp³-hybridized carbons (Fsp3) is 0.389. The first-order valence-corrected chi connectivity index (χ1v) is 8.03. The largest absolute Gasteiger partial charge is 0.356 e. The number of nitrogens with one attached hydrogen (secondary N) is 1. The molecule has 0 bridgehead atoms. The first-order chi connectivity index (χ1) is 11.1. The van der Waals surface area contributed by atoms with Gasteiger partial charge in [-0.05, 0) is 49.9 Å². The first kappa shape index (κ1) is 15.5. The lowest BCUT2D eigenvalue weighted by Gasteiger charge is -2.32. The van der Waals surface area contributed by atoms with E-state index in [1.165, 1.54) is 0 Å². The molecule has 1 atom stereocenters. The zero-order chi connectivity index (χ0) is 16.2. The smallest absolute Gasteiger partial charge is 0.230 e. The first-order valence-electron chi connectivity index (χ1n) is 8.03. The minimum Gasteiger partial charge on any atom is -0.356 e. The predicted octanol–water partition coefficient (Wildman–Crippen LogP) is 2.95. The second kappa shape index (κ2) is 6.77. The topological polar surface area (TPSA) is 58.1 Å². The molecule has 1 aliphatic heterocycles. The normalized spacial score (nSPS) is 17.8. The van der Waals surface area contributed by atoms with Crippen LogP contribution in [0.2, 0.25) is 0 Å². The van der Waals surface area contributed by atoms with Crippen LogP contribution in [-0.2, 0) is 4.79 Å². The zero-order valence-electron chi connectivity index (χ0n) is 13.6. The average Bonchev–Trinajstić information content (AvgIpc) is 2.58. The number of piperidine rings is 1. The molecule has 1 amide bonds. The Balaban J connectivity index is 1.64. The van der Waals surface area contributed by atoms with Gasteiger partial charge in [0.15, 0.2) is 0 Å². The van der Waals surface area contributed by atoms with Crippen molar-refractivity contribution in [3.8, 4) is 0 Å². The number of hydrogen-bond donors (Lipinski definition) is 1. The molecular formula is C18H22N4O. The number of amides is 1. The van der Waals surface area contributed by atoms with E-state index >= 15 is 0 Å². The molecular weight excluding hydrogens is 288 g/mol. The lowest BCUT2D eigenvalue weighted by atomic mass is 9.97. The van der Waals surface area contributed by atoms with Gasteiger partial charge in [-0.25, -0.2) is 9.97 Å². The Bertz CT molecular complexity index is 666. The number of nitrogens with zero attached hydrogens (tertiary/aromatic N) is 3. The van der Waals surface area contributed by atoms with E-state index in [1.54, 1.807) is 6.20 Å². The van der Waals surface area contributed by atoms with Crippen molar-refractivity contribution in [2.45, 2.75) is 26.7 Å². The third-order valence-electron chi connectivity index (χ3n) is 4.17. The van der Waals surface area contributed by atoms with Crippen LogP contribution in [0.15, 0.2) is 36.7 Å². The molecule has 3 heterocycles. The van der Waals surface area contributed by atoms with Gasteiger partial charge in [-0.3, -0.25) is 4.79 Å². The second-order valence-electron chi connectivity index (χ2n) is 6.19. The van der Waals surface area contributed by atoms with Gasteiger partial charge < -0.3 is 10.2 Å². The highest BCUT2D eigenvalue weighted by molar-refractivity contribution is 5.92. The van der Waals surface area contributed by atoms with Crippen molar-refractivity contribution in [2.24, 2.45) is 5.92 Å². The SMILES string of the molecule is Cc1ccc(NC(=O)C2CCCN(c3ccc(C)cn3)C2)nc1. The number of hydrogen-bond acceptors (Lipinski definition) is 4. The standard InChI is InChI=1S/C18H22N4O/c1-13-5-7-16(19-10-13)21-18(23)15-4-3-9-22(12-15)17-8-6-14(2)11-20-17/h5-8,10-11,15H,3-4,9,12H2,1-2H3,(H,19,21,23). The van der Waals surface area contributed by atoms with Gasteiger partial charge in [0.1, 0.15) is 11.6 Å². The van der Waals surface area contributed by atoms with Crippen molar-refractivity contribution >= 4 is 17.5 Å². The molecule has 5 heteroatoms. The summed E-state index contributed by atoms with van der Waals surface area (Å²) in [6, 6.07) is 7.88. The van der Waals surface area contributed by atoms with Crippen molar-refractivity contribution in [3.63, 3.8) is 0 Å². The summed E-state index contributed by atoms with van der Waals surface area (Å²) >= 11 is 0. The van der Waals surface area contributed by atoms with Crippen LogP contribution >= 0.6 is 0 Å². The van der Waals surface area contributed by atoms with Crippen molar-refractivity contribution in [3.05, 3.63) is 47.8 Å². The molecule has 0 radical (unpaired) electrons. The van der Waals surface area contributed by atoms with E-state index < -0.39 is 0 Å². The summed E-state index contributed by atoms with van der Waals surface area (Å²) in [7, 11) is 0. The number of aryl methyl sites for hydroxylation is 2.